The van der Waals surface area contributed by atoms with E-state index >= 15 is 0 Å². The highest BCUT2D eigenvalue weighted by Crippen LogP contribution is 2.41. The second kappa shape index (κ2) is 9.86. The van der Waals surface area contributed by atoms with Crippen LogP contribution in [0.4, 0.5) is 17.1 Å². The first-order chi connectivity index (χ1) is 21.8. The van der Waals surface area contributed by atoms with Crippen LogP contribution in [0.5, 0.6) is 0 Å². The standard InChI is InChI=1S/C42H27NO/c1-2-9-32-25-33(16-13-28(32)7-1)29-17-20-34(21-18-29)43(36-23-24-39-38-11-5-6-12-41(38)44-42(39)27-36)35-22-19-31-15-14-30-8-3-4-10-37(30)40(31)26-35/h1-27H. The Morgan fingerprint density at radius 1 is 0.318 bits per heavy atom. The Kier molecular flexibility index (Phi) is 5.54. The summed E-state index contributed by atoms with van der Waals surface area (Å²) in [7, 11) is 0. The summed E-state index contributed by atoms with van der Waals surface area (Å²) in [4.78, 5) is 2.33. The van der Waals surface area contributed by atoms with E-state index in [4.69, 9.17) is 4.42 Å². The Labute approximate surface area is 255 Å². The van der Waals surface area contributed by atoms with Gasteiger partial charge in [0, 0.05) is 33.9 Å². The fourth-order valence-electron chi connectivity index (χ4n) is 6.60. The Balaban J connectivity index is 1.21. The summed E-state index contributed by atoms with van der Waals surface area (Å²) >= 11 is 0. The van der Waals surface area contributed by atoms with E-state index in [0.717, 1.165) is 39.0 Å². The van der Waals surface area contributed by atoms with E-state index in [0.29, 0.717) is 0 Å². The number of fused-ring (bicyclic) bond motifs is 7. The molecule has 2 nitrogen and oxygen atoms in total. The van der Waals surface area contributed by atoms with E-state index < -0.39 is 0 Å². The summed E-state index contributed by atoms with van der Waals surface area (Å²) in [5.74, 6) is 0. The predicted octanol–water partition coefficient (Wildman–Crippen LogP) is 12.2. The fourth-order valence-corrected chi connectivity index (χ4v) is 6.60. The minimum absolute atomic E-state index is 0.882. The molecular weight excluding hydrogens is 534 g/mol. The number of benzene rings is 8. The summed E-state index contributed by atoms with van der Waals surface area (Å²) in [6.45, 7) is 0. The zero-order valence-corrected chi connectivity index (χ0v) is 23.9. The molecule has 44 heavy (non-hydrogen) atoms. The summed E-state index contributed by atoms with van der Waals surface area (Å²) in [5.41, 5.74) is 7.43. The largest absolute Gasteiger partial charge is 0.456 e. The first kappa shape index (κ1) is 24.7. The molecule has 0 saturated heterocycles. The van der Waals surface area contributed by atoms with Gasteiger partial charge in [0.15, 0.2) is 0 Å². The third-order valence-corrected chi connectivity index (χ3v) is 8.82. The van der Waals surface area contributed by atoms with Crippen molar-refractivity contribution < 1.29 is 4.42 Å². The number of nitrogens with zero attached hydrogens (tertiary/aromatic N) is 1. The van der Waals surface area contributed by atoms with E-state index in [-0.39, 0.29) is 0 Å². The van der Waals surface area contributed by atoms with Crippen LogP contribution in [0.2, 0.25) is 0 Å². The van der Waals surface area contributed by atoms with Gasteiger partial charge in [-0.05, 0) is 92.0 Å². The van der Waals surface area contributed by atoms with Crippen LogP contribution in [-0.4, -0.2) is 0 Å². The van der Waals surface area contributed by atoms with Gasteiger partial charge in [0.2, 0.25) is 0 Å². The van der Waals surface area contributed by atoms with E-state index in [2.05, 4.69) is 157 Å². The molecule has 2 heteroatoms. The van der Waals surface area contributed by atoms with Crippen molar-refractivity contribution in [3.8, 4) is 11.1 Å². The molecule has 0 amide bonds. The van der Waals surface area contributed by atoms with Crippen molar-refractivity contribution in [2.45, 2.75) is 0 Å². The van der Waals surface area contributed by atoms with Crippen LogP contribution >= 0.6 is 0 Å². The molecule has 9 aromatic rings. The summed E-state index contributed by atoms with van der Waals surface area (Å²) in [6.07, 6.45) is 0. The lowest BCUT2D eigenvalue weighted by Gasteiger charge is -2.26. The Morgan fingerprint density at radius 2 is 0.886 bits per heavy atom. The van der Waals surface area contributed by atoms with E-state index in [1.165, 1.54) is 43.4 Å². The van der Waals surface area contributed by atoms with E-state index in [1.807, 2.05) is 12.1 Å². The summed E-state index contributed by atoms with van der Waals surface area (Å²) in [5, 5.41) is 9.73. The van der Waals surface area contributed by atoms with Gasteiger partial charge in [0.25, 0.3) is 0 Å². The number of anilines is 3. The maximum Gasteiger partial charge on any atom is 0.137 e. The Morgan fingerprint density at radius 3 is 1.75 bits per heavy atom. The van der Waals surface area contributed by atoms with Crippen molar-refractivity contribution in [3.05, 3.63) is 164 Å². The number of para-hydroxylation sites is 1. The molecule has 0 aliphatic heterocycles. The van der Waals surface area contributed by atoms with Crippen LogP contribution in [0.3, 0.4) is 0 Å². The maximum atomic E-state index is 6.33. The average molecular weight is 562 g/mol. The lowest BCUT2D eigenvalue weighted by atomic mass is 10.00. The SMILES string of the molecule is c1ccc2cc(-c3ccc(N(c4ccc5c(c4)oc4ccccc45)c4ccc5ccc6ccccc6c5c4)cc3)ccc2c1. The van der Waals surface area contributed by atoms with Crippen LogP contribution in [0.1, 0.15) is 0 Å². The highest BCUT2D eigenvalue weighted by molar-refractivity contribution is 6.09. The van der Waals surface area contributed by atoms with E-state index in [1.54, 1.807) is 0 Å². The second-order valence-corrected chi connectivity index (χ2v) is 11.4. The number of hydrogen-bond acceptors (Lipinski definition) is 2. The quantitative estimate of drug-likeness (QED) is 0.199. The molecule has 0 fully saturated rings. The van der Waals surface area contributed by atoms with Crippen LogP contribution in [0, 0.1) is 0 Å². The fraction of sp³-hybridized carbons (Fsp3) is 0. The van der Waals surface area contributed by atoms with Gasteiger partial charge in [-0.15, -0.1) is 0 Å². The monoisotopic (exact) mass is 561 g/mol. The number of hydrogen-bond donors (Lipinski definition) is 0. The molecule has 8 aromatic carbocycles. The maximum absolute atomic E-state index is 6.33. The third kappa shape index (κ3) is 4.04. The van der Waals surface area contributed by atoms with Crippen LogP contribution in [-0.2, 0) is 0 Å². The van der Waals surface area contributed by atoms with Gasteiger partial charge >= 0.3 is 0 Å². The van der Waals surface area contributed by atoms with Crippen LogP contribution < -0.4 is 4.90 Å². The minimum atomic E-state index is 0.882. The molecule has 0 spiro atoms. The molecule has 0 aliphatic carbocycles. The molecular formula is C42H27NO. The molecule has 9 rings (SSSR count). The molecule has 1 heterocycles. The van der Waals surface area contributed by atoms with Gasteiger partial charge in [-0.3, -0.25) is 0 Å². The van der Waals surface area contributed by atoms with Gasteiger partial charge in [-0.1, -0.05) is 109 Å². The van der Waals surface area contributed by atoms with Crippen molar-refractivity contribution in [3.63, 3.8) is 0 Å². The molecule has 0 saturated carbocycles. The molecule has 1 aromatic heterocycles. The summed E-state index contributed by atoms with van der Waals surface area (Å²) in [6, 6.07) is 58.7. The van der Waals surface area contributed by atoms with E-state index in [9.17, 15) is 0 Å². The predicted molar refractivity (Wildman–Crippen MR) is 186 cm³/mol. The average Bonchev–Trinajstić information content (AvgIpc) is 3.46. The third-order valence-electron chi connectivity index (χ3n) is 8.82. The first-order valence-corrected chi connectivity index (χ1v) is 15.0. The smallest absolute Gasteiger partial charge is 0.137 e. The lowest BCUT2D eigenvalue weighted by molar-refractivity contribution is 0.669. The first-order valence-electron chi connectivity index (χ1n) is 15.0. The van der Waals surface area contributed by atoms with Crippen LogP contribution in [0.15, 0.2) is 168 Å². The van der Waals surface area contributed by atoms with Crippen LogP contribution in [0.25, 0.3) is 65.4 Å². The van der Waals surface area contributed by atoms with Gasteiger partial charge in [-0.2, -0.15) is 0 Å². The Hall–Kier alpha value is -5.86. The van der Waals surface area contributed by atoms with Crippen molar-refractivity contribution in [1.29, 1.82) is 0 Å². The molecule has 206 valence electrons. The molecule has 0 unspecified atom stereocenters. The molecule has 0 bridgehead atoms. The molecule has 0 N–H and O–H groups in total. The highest BCUT2D eigenvalue weighted by atomic mass is 16.3. The Bertz CT molecular complexity index is 2500. The topological polar surface area (TPSA) is 16.4 Å². The molecule has 0 aliphatic rings. The van der Waals surface area contributed by atoms with Crippen molar-refractivity contribution in [1.82, 2.24) is 0 Å². The minimum Gasteiger partial charge on any atom is -0.456 e. The zero-order valence-electron chi connectivity index (χ0n) is 23.9. The normalized spacial score (nSPS) is 11.6. The van der Waals surface area contributed by atoms with Gasteiger partial charge < -0.3 is 9.32 Å². The highest BCUT2D eigenvalue weighted by Gasteiger charge is 2.17. The molecule has 0 radical (unpaired) electrons. The number of furan rings is 1. The second-order valence-electron chi connectivity index (χ2n) is 11.4. The number of rotatable bonds is 4. The van der Waals surface area contributed by atoms with Crippen molar-refractivity contribution in [2.75, 3.05) is 4.90 Å². The van der Waals surface area contributed by atoms with Gasteiger partial charge in [-0.25, -0.2) is 0 Å². The molecule has 0 atom stereocenters. The zero-order chi connectivity index (χ0) is 29.0. The summed E-state index contributed by atoms with van der Waals surface area (Å²) < 4.78 is 6.33. The van der Waals surface area contributed by atoms with Gasteiger partial charge in [0.1, 0.15) is 11.2 Å². The van der Waals surface area contributed by atoms with Crippen molar-refractivity contribution in [2.24, 2.45) is 0 Å². The lowest BCUT2D eigenvalue weighted by Crippen LogP contribution is -2.09. The van der Waals surface area contributed by atoms with Gasteiger partial charge in [0.05, 0.1) is 0 Å². The van der Waals surface area contributed by atoms with Crippen molar-refractivity contribution >= 4 is 71.3 Å².